The number of allylic oxidation sites excluding steroid dienone is 4. The van der Waals surface area contributed by atoms with Crippen LogP contribution in [0.4, 0.5) is 4.39 Å². The lowest BCUT2D eigenvalue weighted by Crippen LogP contribution is -2.69. The number of ketones is 2. The van der Waals surface area contributed by atoms with Crippen LogP contribution in [0.1, 0.15) is 53.4 Å². The smallest absolute Gasteiger partial charge is 0.332 e. The molecule has 1 aliphatic heterocycles. The van der Waals surface area contributed by atoms with Crippen molar-refractivity contribution in [1.29, 1.82) is 0 Å². The number of aliphatic hydroxyl groups is 1. The molecule has 4 aliphatic carbocycles. The Bertz CT molecular complexity index is 1180. The third-order valence-electron chi connectivity index (χ3n) is 9.82. The Balaban J connectivity index is 1.46. The lowest BCUT2D eigenvalue weighted by atomic mass is 9.45. The Labute approximate surface area is 225 Å². The van der Waals surface area contributed by atoms with Gasteiger partial charge in [-0.2, -0.15) is 0 Å². The number of ether oxygens (including phenoxy) is 4. The number of carboxylic acid groups (broad SMARTS) is 1. The summed E-state index contributed by atoms with van der Waals surface area (Å²) in [6, 6.07) is 0. The first kappa shape index (κ1) is 28.1. The van der Waals surface area contributed by atoms with Gasteiger partial charge < -0.3 is 29.2 Å². The van der Waals surface area contributed by atoms with Crippen LogP contribution in [0, 0.1) is 22.7 Å². The number of alkyl halides is 1. The van der Waals surface area contributed by atoms with Gasteiger partial charge in [0.25, 0.3) is 0 Å². The number of Topliss-reactive ketones (excluding diaryl/α,β-unsaturated/α-hetero) is 1. The van der Waals surface area contributed by atoms with Crippen LogP contribution in [0.2, 0.25) is 0 Å². The molecule has 5 aliphatic rings. The van der Waals surface area contributed by atoms with Crippen LogP contribution in [0.25, 0.3) is 0 Å². The molecule has 0 amide bonds. The van der Waals surface area contributed by atoms with Gasteiger partial charge >= 0.3 is 11.9 Å². The van der Waals surface area contributed by atoms with E-state index in [2.05, 4.69) is 0 Å². The van der Waals surface area contributed by atoms with E-state index in [0.29, 0.717) is 12.0 Å². The number of carbonyl (C=O) groups excluding carboxylic acids is 3. The molecule has 5 rings (SSSR count). The highest BCUT2D eigenvalue weighted by Gasteiger charge is 2.80. The maximum atomic E-state index is 17.4. The average molecular weight is 551 g/mol. The molecule has 0 radical (unpaired) electrons. The number of fused-ring (bicyclic) bond motifs is 7. The molecule has 0 aromatic heterocycles. The fourth-order valence-corrected chi connectivity index (χ4v) is 8.23. The minimum atomic E-state index is -2.08. The first-order valence-corrected chi connectivity index (χ1v) is 13.3. The Kier molecular flexibility index (Phi) is 6.49. The van der Waals surface area contributed by atoms with E-state index in [1.165, 1.54) is 6.08 Å². The molecule has 1 heterocycles. The van der Waals surface area contributed by atoms with Crippen LogP contribution < -0.4 is 0 Å². The largest absolute Gasteiger partial charge is 0.480 e. The van der Waals surface area contributed by atoms with Crippen molar-refractivity contribution < 1.29 is 52.7 Å². The third kappa shape index (κ3) is 3.88. The van der Waals surface area contributed by atoms with E-state index in [0.717, 1.165) is 0 Å². The van der Waals surface area contributed by atoms with Crippen LogP contribution in [0.5, 0.6) is 0 Å². The number of aliphatic hydroxyl groups excluding tert-OH is 1. The van der Waals surface area contributed by atoms with E-state index in [9.17, 15) is 24.3 Å². The predicted octanol–water partition coefficient (Wildman–Crippen LogP) is 2.07. The molecule has 39 heavy (non-hydrogen) atoms. The second-order valence-corrected chi connectivity index (χ2v) is 12.3. The molecule has 214 valence electrons. The highest BCUT2D eigenvalue weighted by Crippen LogP contribution is 2.71. The number of carbonyl (C=O) groups is 4. The number of hydrogen-bond acceptors (Lipinski definition) is 9. The second kappa shape index (κ2) is 9.02. The zero-order valence-corrected chi connectivity index (χ0v) is 22.5. The van der Waals surface area contributed by atoms with Gasteiger partial charge in [0.05, 0.1) is 12.2 Å². The Morgan fingerprint density at radius 1 is 1.13 bits per heavy atom. The van der Waals surface area contributed by atoms with E-state index >= 15 is 4.39 Å². The molecule has 0 spiro atoms. The van der Waals surface area contributed by atoms with Crippen molar-refractivity contribution in [2.24, 2.45) is 22.7 Å². The van der Waals surface area contributed by atoms with Crippen molar-refractivity contribution >= 4 is 23.5 Å². The molecule has 0 aromatic carbocycles. The Morgan fingerprint density at radius 2 is 1.85 bits per heavy atom. The van der Waals surface area contributed by atoms with Crippen LogP contribution >= 0.6 is 0 Å². The molecule has 2 N–H and O–H groups in total. The zero-order chi connectivity index (χ0) is 28.6. The third-order valence-corrected chi connectivity index (χ3v) is 9.82. The lowest BCUT2D eigenvalue weighted by molar-refractivity contribution is -0.243. The van der Waals surface area contributed by atoms with E-state index in [1.807, 2.05) is 13.0 Å². The SMILES string of the molecule is CC1(C)O[C@@H]2CC3C4CC=C5CC(=O)C=CC5(C)[C@@]4(F)[C@@H](O)CC3(C)[C@]2(C(=O)COC(=O)COCC(=O)O)O1. The second-order valence-electron chi connectivity index (χ2n) is 12.3. The highest BCUT2D eigenvalue weighted by molar-refractivity contribution is 5.94. The minimum absolute atomic E-state index is 0.104. The van der Waals surface area contributed by atoms with Gasteiger partial charge in [0, 0.05) is 23.2 Å². The zero-order valence-electron chi connectivity index (χ0n) is 22.5. The quantitative estimate of drug-likeness (QED) is 0.357. The molecule has 1 saturated heterocycles. The van der Waals surface area contributed by atoms with Crippen LogP contribution in [-0.4, -0.2) is 82.8 Å². The van der Waals surface area contributed by atoms with Gasteiger partial charge in [-0.3, -0.25) is 9.59 Å². The maximum Gasteiger partial charge on any atom is 0.332 e. The fourth-order valence-electron chi connectivity index (χ4n) is 8.23. The summed E-state index contributed by atoms with van der Waals surface area (Å²) < 4.78 is 39.8. The number of halogens is 1. The summed E-state index contributed by atoms with van der Waals surface area (Å²) in [7, 11) is 0. The molecule has 4 unspecified atom stereocenters. The van der Waals surface area contributed by atoms with Crippen molar-refractivity contribution in [2.75, 3.05) is 19.8 Å². The van der Waals surface area contributed by atoms with Gasteiger partial charge in [0.1, 0.15) is 13.2 Å². The molecule has 3 fully saturated rings. The molecule has 2 saturated carbocycles. The van der Waals surface area contributed by atoms with Crippen molar-refractivity contribution in [3.8, 4) is 0 Å². The summed E-state index contributed by atoms with van der Waals surface area (Å²) in [6.45, 7) is 4.85. The topological polar surface area (TPSA) is 146 Å². The summed E-state index contributed by atoms with van der Waals surface area (Å²) in [6.07, 6.45) is 3.20. The molecule has 0 bridgehead atoms. The van der Waals surface area contributed by atoms with Crippen LogP contribution in [0.3, 0.4) is 0 Å². The van der Waals surface area contributed by atoms with Gasteiger partial charge in [-0.25, -0.2) is 14.0 Å². The van der Waals surface area contributed by atoms with Crippen molar-refractivity contribution in [3.63, 3.8) is 0 Å². The molecular formula is C28H35FO10. The van der Waals surface area contributed by atoms with Gasteiger partial charge in [-0.05, 0) is 52.0 Å². The van der Waals surface area contributed by atoms with Crippen molar-refractivity contribution in [2.45, 2.75) is 82.6 Å². The van der Waals surface area contributed by atoms with Crippen LogP contribution in [-0.2, 0) is 38.1 Å². The standard InChI is InChI=1S/C28H35FO10/c1-24(2)38-21-10-18-17-6-5-15-9-16(30)7-8-25(15,3)27(17,29)19(31)11-26(18,4)28(21,39-24)20(32)12-37-23(35)14-36-13-22(33)34/h5,7-8,17-19,21,31H,6,9-14H2,1-4H3,(H,33,34)/t17?,18?,19-,21+,25?,26?,27-,28+/m0/s1. The summed E-state index contributed by atoms with van der Waals surface area (Å²) in [5.74, 6) is -5.12. The molecular weight excluding hydrogens is 515 g/mol. The number of hydrogen-bond donors (Lipinski definition) is 2. The normalized spacial score (nSPS) is 43.5. The monoisotopic (exact) mass is 550 g/mol. The first-order chi connectivity index (χ1) is 18.1. The van der Waals surface area contributed by atoms with Crippen molar-refractivity contribution in [1.82, 2.24) is 0 Å². The average Bonchev–Trinajstić information content (AvgIpc) is 3.24. The van der Waals surface area contributed by atoms with E-state index in [4.69, 9.17) is 24.1 Å². The first-order valence-electron chi connectivity index (χ1n) is 13.3. The van der Waals surface area contributed by atoms with Crippen molar-refractivity contribution in [3.05, 3.63) is 23.8 Å². The van der Waals surface area contributed by atoms with Gasteiger partial charge in [0.15, 0.2) is 29.4 Å². The number of esters is 1. The highest BCUT2D eigenvalue weighted by atomic mass is 19.1. The Morgan fingerprint density at radius 3 is 2.54 bits per heavy atom. The van der Waals surface area contributed by atoms with Gasteiger partial charge in [-0.1, -0.05) is 24.6 Å². The molecule has 0 aromatic rings. The summed E-state index contributed by atoms with van der Waals surface area (Å²) in [5, 5.41) is 20.2. The van der Waals surface area contributed by atoms with E-state index < -0.39 is 89.5 Å². The van der Waals surface area contributed by atoms with E-state index in [-0.39, 0.29) is 25.0 Å². The fraction of sp³-hybridized carbons (Fsp3) is 0.714. The summed E-state index contributed by atoms with van der Waals surface area (Å²) in [4.78, 5) is 48.7. The number of aliphatic carboxylic acids is 1. The predicted molar refractivity (Wildman–Crippen MR) is 131 cm³/mol. The van der Waals surface area contributed by atoms with Gasteiger partial charge in [-0.15, -0.1) is 0 Å². The molecule has 8 atom stereocenters. The number of rotatable bonds is 7. The summed E-state index contributed by atoms with van der Waals surface area (Å²) >= 11 is 0. The number of carboxylic acids is 1. The van der Waals surface area contributed by atoms with Crippen LogP contribution in [0.15, 0.2) is 23.8 Å². The molecule has 10 nitrogen and oxygen atoms in total. The Hall–Kier alpha value is -2.47. The van der Waals surface area contributed by atoms with E-state index in [1.54, 1.807) is 26.8 Å². The lowest BCUT2D eigenvalue weighted by Gasteiger charge is -2.62. The maximum absolute atomic E-state index is 17.4. The summed E-state index contributed by atoms with van der Waals surface area (Å²) in [5.41, 5.74) is -5.28. The minimum Gasteiger partial charge on any atom is -0.480 e. The van der Waals surface area contributed by atoms with Gasteiger partial charge in [0.2, 0.25) is 5.78 Å². The molecule has 11 heteroatoms.